The predicted molar refractivity (Wildman–Crippen MR) is 118 cm³/mol. The molecule has 0 spiro atoms. The molecule has 0 saturated carbocycles. The summed E-state index contributed by atoms with van der Waals surface area (Å²) >= 11 is 0. The van der Waals surface area contributed by atoms with Crippen molar-refractivity contribution in [2.24, 2.45) is 5.92 Å². The van der Waals surface area contributed by atoms with Gasteiger partial charge in [-0.25, -0.2) is 9.07 Å². The van der Waals surface area contributed by atoms with Crippen molar-refractivity contribution in [2.45, 2.75) is 38.5 Å². The number of nitrogens with zero attached hydrogens (tertiary/aromatic N) is 5. The van der Waals surface area contributed by atoms with Gasteiger partial charge in [0.15, 0.2) is 5.82 Å². The van der Waals surface area contributed by atoms with Crippen molar-refractivity contribution >= 4 is 5.97 Å². The van der Waals surface area contributed by atoms with Crippen molar-refractivity contribution in [1.29, 1.82) is 0 Å². The third kappa shape index (κ3) is 5.84. The van der Waals surface area contributed by atoms with E-state index >= 15 is 0 Å². The molecule has 11 heteroatoms. The molecule has 1 fully saturated rings. The van der Waals surface area contributed by atoms with E-state index < -0.39 is 17.8 Å². The Hall–Kier alpha value is -3.34. The molecule has 35 heavy (non-hydrogen) atoms. The number of hydrogen-bond acceptors (Lipinski definition) is 6. The number of tetrazole rings is 1. The van der Waals surface area contributed by atoms with Crippen LogP contribution in [0.25, 0.3) is 0 Å². The third-order valence-electron chi connectivity index (χ3n) is 6.09. The van der Waals surface area contributed by atoms with Gasteiger partial charge < -0.3 is 4.74 Å². The van der Waals surface area contributed by atoms with Crippen LogP contribution in [-0.2, 0) is 22.3 Å². The van der Waals surface area contributed by atoms with Gasteiger partial charge in [-0.3, -0.25) is 9.69 Å². The maximum Gasteiger partial charge on any atom is 0.416 e. The summed E-state index contributed by atoms with van der Waals surface area (Å²) < 4.78 is 60.4. The van der Waals surface area contributed by atoms with Crippen molar-refractivity contribution in [1.82, 2.24) is 25.1 Å². The predicted octanol–water partition coefficient (Wildman–Crippen LogP) is 4.24. The number of aromatic nitrogens is 4. The van der Waals surface area contributed by atoms with Crippen molar-refractivity contribution in [3.63, 3.8) is 0 Å². The molecule has 1 atom stereocenters. The Kier molecular flexibility index (Phi) is 7.44. The monoisotopic (exact) mass is 491 g/mol. The standard InChI is InChI=1S/C24H25F4N5O2/c1-2-35-23(34)17-10-12-32(13-11-17)21(18-4-3-5-19(14-18)24(26,27)28)22-29-30-31-33(22)15-16-6-8-20(25)9-7-16/h3-9,14,17,21H,2,10-13,15H2,1H3. The van der Waals surface area contributed by atoms with E-state index in [0.717, 1.165) is 17.7 Å². The maximum atomic E-state index is 13.5. The van der Waals surface area contributed by atoms with E-state index in [1.165, 1.54) is 22.9 Å². The van der Waals surface area contributed by atoms with Crippen molar-refractivity contribution in [3.05, 3.63) is 76.9 Å². The van der Waals surface area contributed by atoms with E-state index in [2.05, 4.69) is 15.5 Å². The lowest BCUT2D eigenvalue weighted by molar-refractivity contribution is -0.149. The first-order valence-corrected chi connectivity index (χ1v) is 11.3. The van der Waals surface area contributed by atoms with Crippen molar-refractivity contribution in [3.8, 4) is 0 Å². The fraction of sp³-hybridized carbons (Fsp3) is 0.417. The molecule has 0 aliphatic carbocycles. The van der Waals surface area contributed by atoms with Gasteiger partial charge in [0.05, 0.1) is 30.7 Å². The van der Waals surface area contributed by atoms with E-state index in [9.17, 15) is 22.4 Å². The van der Waals surface area contributed by atoms with Gasteiger partial charge in [0.25, 0.3) is 0 Å². The second-order valence-corrected chi connectivity index (χ2v) is 8.41. The van der Waals surface area contributed by atoms with Crippen LogP contribution in [0.2, 0.25) is 0 Å². The summed E-state index contributed by atoms with van der Waals surface area (Å²) in [4.78, 5) is 14.2. The topological polar surface area (TPSA) is 73.1 Å². The van der Waals surface area contributed by atoms with E-state index in [0.29, 0.717) is 43.9 Å². The van der Waals surface area contributed by atoms with Crippen molar-refractivity contribution < 1.29 is 27.1 Å². The molecule has 0 N–H and O–H groups in total. The Labute approximate surface area is 199 Å². The molecular weight excluding hydrogens is 466 g/mol. The first kappa shape index (κ1) is 24.8. The number of likely N-dealkylation sites (tertiary alicyclic amines) is 1. The number of carbonyl (C=O) groups is 1. The number of esters is 1. The summed E-state index contributed by atoms with van der Waals surface area (Å²) in [5.74, 6) is -0.535. The molecule has 0 radical (unpaired) electrons. The highest BCUT2D eigenvalue weighted by atomic mass is 19.4. The summed E-state index contributed by atoms with van der Waals surface area (Å²) in [6.07, 6.45) is -3.49. The second-order valence-electron chi connectivity index (χ2n) is 8.41. The number of piperidine rings is 1. The zero-order valence-electron chi connectivity index (χ0n) is 19.1. The summed E-state index contributed by atoms with van der Waals surface area (Å²) in [5.41, 5.74) is 0.368. The summed E-state index contributed by atoms with van der Waals surface area (Å²) in [6.45, 7) is 3.17. The van der Waals surface area contributed by atoms with Crippen LogP contribution in [0.5, 0.6) is 0 Å². The number of rotatable bonds is 7. The quantitative estimate of drug-likeness (QED) is 0.364. The SMILES string of the molecule is CCOC(=O)C1CCN(C(c2cccc(C(F)(F)F)c2)c2nnnn2Cc2ccc(F)cc2)CC1. The van der Waals surface area contributed by atoms with E-state index in [4.69, 9.17) is 4.74 Å². The Morgan fingerprint density at radius 2 is 1.86 bits per heavy atom. The summed E-state index contributed by atoms with van der Waals surface area (Å²) in [6, 6.07) is 10.3. The lowest BCUT2D eigenvalue weighted by Crippen LogP contribution is -2.40. The molecule has 2 aromatic carbocycles. The highest BCUT2D eigenvalue weighted by molar-refractivity contribution is 5.72. The molecule has 2 heterocycles. The smallest absolute Gasteiger partial charge is 0.416 e. The van der Waals surface area contributed by atoms with Gasteiger partial charge in [0.2, 0.25) is 0 Å². The van der Waals surface area contributed by atoms with Crippen LogP contribution in [0.3, 0.4) is 0 Å². The molecule has 0 amide bonds. The van der Waals surface area contributed by atoms with E-state index in [1.807, 2.05) is 4.90 Å². The molecule has 186 valence electrons. The third-order valence-corrected chi connectivity index (χ3v) is 6.09. The van der Waals surface area contributed by atoms with Gasteiger partial charge >= 0.3 is 12.1 Å². The average Bonchev–Trinajstić information content (AvgIpc) is 3.28. The van der Waals surface area contributed by atoms with Crippen LogP contribution in [0, 0.1) is 11.7 Å². The molecule has 1 aromatic heterocycles. The first-order chi connectivity index (χ1) is 16.8. The summed E-state index contributed by atoms with van der Waals surface area (Å²) in [7, 11) is 0. The molecule has 1 unspecified atom stereocenters. The molecule has 1 saturated heterocycles. The molecule has 4 rings (SSSR count). The van der Waals surface area contributed by atoms with Gasteiger partial charge in [-0.2, -0.15) is 13.2 Å². The van der Waals surface area contributed by atoms with Crippen molar-refractivity contribution in [2.75, 3.05) is 19.7 Å². The van der Waals surface area contributed by atoms with Crippen LogP contribution in [0.15, 0.2) is 48.5 Å². The molecule has 7 nitrogen and oxygen atoms in total. The van der Waals surface area contributed by atoms with Crippen LogP contribution in [0.1, 0.15) is 48.3 Å². The number of benzene rings is 2. The number of hydrogen-bond donors (Lipinski definition) is 0. The van der Waals surface area contributed by atoms with Crippen LogP contribution in [0.4, 0.5) is 17.6 Å². The number of halogens is 4. The lowest BCUT2D eigenvalue weighted by Gasteiger charge is -2.36. The minimum atomic E-state index is -4.50. The van der Waals surface area contributed by atoms with Crippen LogP contribution >= 0.6 is 0 Å². The largest absolute Gasteiger partial charge is 0.466 e. The molecule has 0 bridgehead atoms. The Balaban J connectivity index is 1.67. The number of carbonyl (C=O) groups excluding carboxylic acids is 1. The van der Waals surface area contributed by atoms with Gasteiger partial charge in [-0.1, -0.05) is 24.3 Å². The zero-order valence-corrected chi connectivity index (χ0v) is 19.1. The molecule has 1 aliphatic heterocycles. The Bertz CT molecular complexity index is 1140. The maximum absolute atomic E-state index is 13.5. The van der Waals surface area contributed by atoms with Gasteiger partial charge in [-0.05, 0) is 78.7 Å². The second kappa shape index (κ2) is 10.5. The van der Waals surface area contributed by atoms with Gasteiger partial charge in [0.1, 0.15) is 5.82 Å². The first-order valence-electron chi connectivity index (χ1n) is 11.3. The number of alkyl halides is 3. The fourth-order valence-electron chi connectivity index (χ4n) is 4.34. The normalized spacial score (nSPS) is 16.3. The van der Waals surface area contributed by atoms with Gasteiger partial charge in [0, 0.05) is 0 Å². The molecular formula is C24H25F4N5O2. The lowest BCUT2D eigenvalue weighted by atomic mass is 9.93. The summed E-state index contributed by atoms with van der Waals surface area (Å²) in [5, 5.41) is 12.0. The number of ether oxygens (including phenoxy) is 1. The van der Waals surface area contributed by atoms with E-state index in [-0.39, 0.29) is 24.2 Å². The minimum Gasteiger partial charge on any atom is -0.466 e. The molecule has 1 aliphatic rings. The zero-order chi connectivity index (χ0) is 25.0. The Morgan fingerprint density at radius 1 is 1.14 bits per heavy atom. The molecule has 3 aromatic rings. The minimum absolute atomic E-state index is 0.220. The van der Waals surface area contributed by atoms with Crippen LogP contribution in [-0.4, -0.2) is 50.8 Å². The van der Waals surface area contributed by atoms with Crippen LogP contribution < -0.4 is 0 Å². The van der Waals surface area contributed by atoms with E-state index in [1.54, 1.807) is 25.1 Å². The van der Waals surface area contributed by atoms with Gasteiger partial charge in [-0.15, -0.1) is 5.10 Å². The highest BCUT2D eigenvalue weighted by Crippen LogP contribution is 2.35. The average molecular weight is 491 g/mol. The fourth-order valence-corrected chi connectivity index (χ4v) is 4.34. The highest BCUT2D eigenvalue weighted by Gasteiger charge is 2.36. The Morgan fingerprint density at radius 3 is 2.51 bits per heavy atom.